The molecule has 0 spiro atoms. The van der Waals surface area contributed by atoms with Crippen molar-refractivity contribution in [2.75, 3.05) is 13.7 Å². The number of furan rings is 1. The lowest BCUT2D eigenvalue weighted by atomic mass is 10.1. The fraction of sp³-hybridized carbons (Fsp3) is 0.458. The number of aliphatic hydroxyl groups is 1. The number of nitrogens with zero attached hydrogens (tertiary/aromatic N) is 1. The molecule has 0 radical (unpaired) electrons. The van der Waals surface area contributed by atoms with Gasteiger partial charge in [-0.15, -0.1) is 0 Å². The third-order valence-electron chi connectivity index (χ3n) is 5.38. The molecule has 1 unspecified atom stereocenters. The number of hydrogen-bond acceptors (Lipinski definition) is 4. The Balaban J connectivity index is 0.00000124. The van der Waals surface area contributed by atoms with E-state index in [1.165, 1.54) is 31.3 Å². The Hall–Kier alpha value is -2.57. The van der Waals surface area contributed by atoms with Crippen molar-refractivity contribution in [1.29, 1.82) is 0 Å². The molecule has 0 bridgehead atoms. The van der Waals surface area contributed by atoms with Gasteiger partial charge in [0.2, 0.25) is 0 Å². The summed E-state index contributed by atoms with van der Waals surface area (Å²) in [5.74, 6) is 0.587. The summed E-state index contributed by atoms with van der Waals surface area (Å²) in [4.78, 5) is 18.4. The second-order valence-corrected chi connectivity index (χ2v) is 8.96. The van der Waals surface area contributed by atoms with Crippen molar-refractivity contribution in [2.45, 2.75) is 58.7 Å². The molecule has 1 amide bonds. The predicted molar refractivity (Wildman–Crippen MR) is 120 cm³/mol. The van der Waals surface area contributed by atoms with Gasteiger partial charge in [-0.25, -0.2) is 0 Å². The topological polar surface area (TPSA) is 81.5 Å². The molecule has 1 aromatic carbocycles. The summed E-state index contributed by atoms with van der Waals surface area (Å²) >= 11 is 0. The number of likely N-dealkylation sites (tertiary alicyclic amines) is 1. The molecular formula is C24H33N3O3. The number of amides is 1. The van der Waals surface area contributed by atoms with Gasteiger partial charge in [-0.05, 0) is 77.4 Å². The molecule has 1 fully saturated rings. The van der Waals surface area contributed by atoms with Crippen LogP contribution in [0.25, 0.3) is 22.2 Å². The van der Waals surface area contributed by atoms with Crippen LogP contribution in [0.4, 0.5) is 0 Å². The number of fused-ring (bicyclic) bond motifs is 1. The highest BCUT2D eigenvalue weighted by Gasteiger charge is 2.21. The average molecular weight is 412 g/mol. The number of aliphatic hydroxyl groups excluding tert-OH is 1. The van der Waals surface area contributed by atoms with Crippen LogP contribution in [0.2, 0.25) is 0 Å². The lowest BCUT2D eigenvalue weighted by molar-refractivity contribution is 0.0919. The number of aromatic nitrogens is 1. The maximum Gasteiger partial charge on any atom is 0.254 e. The van der Waals surface area contributed by atoms with E-state index in [1.807, 2.05) is 32.9 Å². The van der Waals surface area contributed by atoms with Gasteiger partial charge in [-0.1, -0.05) is 0 Å². The van der Waals surface area contributed by atoms with Gasteiger partial charge < -0.3 is 19.8 Å². The van der Waals surface area contributed by atoms with Crippen LogP contribution in [0.1, 0.15) is 56.6 Å². The zero-order valence-corrected chi connectivity index (χ0v) is 18.6. The number of nitrogens with one attached hydrogen (secondary N) is 2. The van der Waals surface area contributed by atoms with Crippen molar-refractivity contribution in [3.05, 3.63) is 47.9 Å². The normalized spacial score (nSPS) is 17.1. The number of aromatic amines is 1. The van der Waals surface area contributed by atoms with Crippen molar-refractivity contribution >= 4 is 16.8 Å². The first-order valence-electron chi connectivity index (χ1n) is 10.5. The fourth-order valence-corrected chi connectivity index (χ4v) is 3.90. The van der Waals surface area contributed by atoms with Crippen molar-refractivity contribution in [2.24, 2.45) is 0 Å². The Kier molecular flexibility index (Phi) is 6.68. The highest BCUT2D eigenvalue weighted by molar-refractivity contribution is 5.95. The van der Waals surface area contributed by atoms with E-state index in [9.17, 15) is 4.79 Å². The number of rotatable bonds is 4. The van der Waals surface area contributed by atoms with Gasteiger partial charge in [0.25, 0.3) is 5.91 Å². The zero-order valence-electron chi connectivity index (χ0n) is 18.6. The Bertz CT molecular complexity index is 997. The van der Waals surface area contributed by atoms with Crippen molar-refractivity contribution in [1.82, 2.24) is 15.2 Å². The fourth-order valence-electron chi connectivity index (χ4n) is 3.90. The Morgan fingerprint density at radius 3 is 2.70 bits per heavy atom. The minimum Gasteiger partial charge on any atom is -0.464 e. The summed E-state index contributed by atoms with van der Waals surface area (Å²) in [6, 6.07) is 10.9. The van der Waals surface area contributed by atoms with E-state index in [1.54, 1.807) is 0 Å². The van der Waals surface area contributed by atoms with E-state index in [4.69, 9.17) is 9.52 Å². The second-order valence-electron chi connectivity index (χ2n) is 8.96. The monoisotopic (exact) mass is 411 g/mol. The van der Waals surface area contributed by atoms with Crippen LogP contribution in [0.3, 0.4) is 0 Å². The number of hydrogen-bond donors (Lipinski definition) is 3. The summed E-state index contributed by atoms with van der Waals surface area (Å²) < 4.78 is 5.68. The number of H-pyrrole nitrogens is 1. The molecule has 0 aliphatic carbocycles. The molecule has 0 saturated carbocycles. The van der Waals surface area contributed by atoms with Crippen LogP contribution in [-0.4, -0.2) is 46.1 Å². The van der Waals surface area contributed by atoms with Crippen LogP contribution in [0.5, 0.6) is 0 Å². The first kappa shape index (κ1) is 22.1. The number of benzene rings is 1. The SMILES string of the molecule is CC1CCCN1Cc1cc2cc(-c3cc(C(=O)NC(C)(C)C)co3)ccc2[nH]1.CO. The van der Waals surface area contributed by atoms with Crippen LogP contribution >= 0.6 is 0 Å². The van der Waals surface area contributed by atoms with Crippen molar-refractivity contribution in [3.8, 4) is 11.3 Å². The summed E-state index contributed by atoms with van der Waals surface area (Å²) in [6.45, 7) is 10.3. The highest BCUT2D eigenvalue weighted by atomic mass is 16.3. The molecule has 3 N–H and O–H groups in total. The zero-order chi connectivity index (χ0) is 21.9. The maximum atomic E-state index is 12.3. The number of carbonyl (C=O) groups excluding carboxylic acids is 1. The van der Waals surface area contributed by atoms with E-state index < -0.39 is 0 Å². The maximum absolute atomic E-state index is 12.3. The third-order valence-corrected chi connectivity index (χ3v) is 5.38. The summed E-state index contributed by atoms with van der Waals surface area (Å²) in [7, 11) is 1.00. The first-order valence-corrected chi connectivity index (χ1v) is 10.5. The van der Waals surface area contributed by atoms with Crippen LogP contribution in [0, 0.1) is 0 Å². The predicted octanol–water partition coefficient (Wildman–Crippen LogP) is 4.55. The van der Waals surface area contributed by atoms with Gasteiger partial charge in [0.1, 0.15) is 12.0 Å². The smallest absolute Gasteiger partial charge is 0.254 e. The minimum atomic E-state index is -0.276. The molecule has 30 heavy (non-hydrogen) atoms. The number of carbonyl (C=O) groups is 1. The van der Waals surface area contributed by atoms with Gasteiger partial charge in [-0.3, -0.25) is 9.69 Å². The summed E-state index contributed by atoms with van der Waals surface area (Å²) in [5.41, 5.74) is 3.61. The molecule has 1 saturated heterocycles. The van der Waals surface area contributed by atoms with Gasteiger partial charge in [0.15, 0.2) is 0 Å². The third kappa shape index (κ3) is 5.12. The van der Waals surface area contributed by atoms with Crippen molar-refractivity contribution < 1.29 is 14.3 Å². The molecule has 6 heteroatoms. The molecule has 1 aliphatic rings. The Labute approximate surface area is 178 Å². The summed E-state index contributed by atoms with van der Waals surface area (Å²) in [6.07, 6.45) is 4.10. The molecule has 1 aliphatic heterocycles. The molecule has 3 heterocycles. The van der Waals surface area contributed by atoms with E-state index in [-0.39, 0.29) is 11.4 Å². The molecule has 3 aromatic rings. The van der Waals surface area contributed by atoms with E-state index in [2.05, 4.69) is 40.3 Å². The second kappa shape index (κ2) is 9.06. The van der Waals surface area contributed by atoms with Gasteiger partial charge in [-0.2, -0.15) is 0 Å². The van der Waals surface area contributed by atoms with E-state index in [0.717, 1.165) is 30.1 Å². The van der Waals surface area contributed by atoms with E-state index >= 15 is 0 Å². The lowest BCUT2D eigenvalue weighted by Gasteiger charge is -2.19. The van der Waals surface area contributed by atoms with Gasteiger partial charge in [0.05, 0.1) is 5.56 Å². The first-order chi connectivity index (χ1) is 14.3. The van der Waals surface area contributed by atoms with Crippen LogP contribution in [0.15, 0.2) is 41.0 Å². The lowest BCUT2D eigenvalue weighted by Crippen LogP contribution is -2.40. The standard InChI is InChI=1S/C23H29N3O2.CH4O/c1-15-6-5-9-26(15)13-19-11-17-10-16(7-8-20(17)24-19)21-12-18(14-28-21)22(27)25-23(2,3)4;1-2/h7-8,10-12,14-15,24H,5-6,9,13H2,1-4H3,(H,25,27);2H,1H3. The van der Waals surface area contributed by atoms with Gasteiger partial charge >= 0.3 is 0 Å². The van der Waals surface area contributed by atoms with Gasteiger partial charge in [0, 0.05) is 47.4 Å². The average Bonchev–Trinajstić information content (AvgIpc) is 3.41. The molecule has 2 aromatic heterocycles. The molecule has 6 nitrogen and oxygen atoms in total. The molecule has 1 atom stereocenters. The highest BCUT2D eigenvalue weighted by Crippen LogP contribution is 2.28. The molecule has 4 rings (SSSR count). The molecule has 162 valence electrons. The van der Waals surface area contributed by atoms with Crippen LogP contribution in [-0.2, 0) is 6.54 Å². The quantitative estimate of drug-likeness (QED) is 0.588. The Morgan fingerprint density at radius 2 is 2.03 bits per heavy atom. The Morgan fingerprint density at radius 1 is 1.27 bits per heavy atom. The van der Waals surface area contributed by atoms with E-state index in [0.29, 0.717) is 17.4 Å². The minimum absolute atomic E-state index is 0.118. The van der Waals surface area contributed by atoms with Crippen LogP contribution < -0.4 is 5.32 Å². The summed E-state index contributed by atoms with van der Waals surface area (Å²) in [5, 5.41) is 11.1. The van der Waals surface area contributed by atoms with Crippen molar-refractivity contribution in [3.63, 3.8) is 0 Å². The molecular weight excluding hydrogens is 378 g/mol. The largest absolute Gasteiger partial charge is 0.464 e.